The van der Waals surface area contributed by atoms with Gasteiger partial charge in [-0.3, -0.25) is 0 Å². The summed E-state index contributed by atoms with van der Waals surface area (Å²) in [6, 6.07) is 14.9. The number of benzene rings is 2. The fourth-order valence-electron chi connectivity index (χ4n) is 3.51. The van der Waals surface area contributed by atoms with Crippen LogP contribution in [0.4, 0.5) is 0 Å². The van der Waals surface area contributed by atoms with Gasteiger partial charge < -0.3 is 29.8 Å². The van der Waals surface area contributed by atoms with Gasteiger partial charge in [-0.25, -0.2) is 0 Å². The van der Waals surface area contributed by atoms with Crippen LogP contribution in [0.15, 0.2) is 48.0 Å². The van der Waals surface area contributed by atoms with Crippen LogP contribution in [0.2, 0.25) is 0 Å². The molecule has 0 amide bonds. The first kappa shape index (κ1) is 22.1. The van der Waals surface area contributed by atoms with Crippen molar-refractivity contribution in [3.05, 3.63) is 82.6 Å². The number of aromatic amines is 1. The first-order valence-corrected chi connectivity index (χ1v) is 7.91. The molecule has 0 aliphatic heterocycles. The standard InChI is InChI=1S/C11H9.C10H10N.2ClH.Ti/c1-2-4-10-8(3-1)7-9-5-6-11(9)10;1-7-4-3-5-9-10(7)8(2)6-11-9;;;/h1-4,11H,5-6H2;3-5,11H,1-2H3;2*1H;/q2*-1;;;+4/p-2. The summed E-state index contributed by atoms with van der Waals surface area (Å²) in [4.78, 5) is 3.10. The Morgan fingerprint density at radius 2 is 1.76 bits per heavy atom. The van der Waals surface area contributed by atoms with Gasteiger partial charge in [0, 0.05) is 0 Å². The van der Waals surface area contributed by atoms with E-state index in [1.54, 1.807) is 0 Å². The summed E-state index contributed by atoms with van der Waals surface area (Å²) < 4.78 is 0. The zero-order chi connectivity index (χ0) is 15.1. The SMILES string of the molecule is Cc1[c-][nH]c2cccc(C)c12.[C-]1=C2CCC2c2ccccc21.[Cl-].[Cl-].[Ti+4]. The van der Waals surface area contributed by atoms with Gasteiger partial charge in [-0.2, -0.15) is 23.3 Å². The molecule has 1 unspecified atom stereocenters. The molecule has 0 spiro atoms. The summed E-state index contributed by atoms with van der Waals surface area (Å²) in [6.45, 7) is 4.20. The van der Waals surface area contributed by atoms with E-state index in [2.05, 4.69) is 73.6 Å². The minimum absolute atomic E-state index is 0. The van der Waals surface area contributed by atoms with E-state index in [1.807, 2.05) is 0 Å². The van der Waals surface area contributed by atoms with Crippen molar-refractivity contribution in [3.8, 4) is 0 Å². The molecule has 0 saturated heterocycles. The molecule has 2 aliphatic rings. The third kappa shape index (κ3) is 4.06. The van der Waals surface area contributed by atoms with Crippen LogP contribution in [0, 0.1) is 26.1 Å². The zero-order valence-electron chi connectivity index (χ0n) is 14.3. The Morgan fingerprint density at radius 3 is 2.44 bits per heavy atom. The van der Waals surface area contributed by atoms with E-state index in [0.717, 1.165) is 5.92 Å². The monoisotopic (exact) mass is 403 g/mol. The van der Waals surface area contributed by atoms with Gasteiger partial charge in [-0.05, 0) is 6.42 Å². The molecular formula is C21H19Cl2NTi. The number of aryl methyl sites for hydroxylation is 2. The molecule has 2 aromatic carbocycles. The number of aromatic nitrogens is 1. The second-order valence-electron chi connectivity index (χ2n) is 6.20. The Labute approximate surface area is 177 Å². The molecule has 1 fully saturated rings. The molecular weight excluding hydrogens is 385 g/mol. The van der Waals surface area contributed by atoms with E-state index >= 15 is 0 Å². The van der Waals surface area contributed by atoms with E-state index < -0.39 is 0 Å². The summed E-state index contributed by atoms with van der Waals surface area (Å²) in [5, 5.41) is 1.31. The molecule has 1 aromatic heterocycles. The Hall–Kier alpha value is -0.986. The third-order valence-electron chi connectivity index (χ3n) is 4.79. The van der Waals surface area contributed by atoms with E-state index in [1.165, 1.54) is 51.6 Å². The number of hydrogen-bond acceptors (Lipinski definition) is 0. The fraction of sp³-hybridized carbons (Fsp3) is 0.238. The van der Waals surface area contributed by atoms with Gasteiger partial charge in [0.25, 0.3) is 0 Å². The van der Waals surface area contributed by atoms with E-state index in [9.17, 15) is 0 Å². The maximum atomic E-state index is 3.45. The molecule has 0 radical (unpaired) electrons. The number of nitrogens with one attached hydrogen (secondary N) is 1. The van der Waals surface area contributed by atoms with Crippen molar-refractivity contribution in [2.45, 2.75) is 32.6 Å². The number of allylic oxidation sites excluding steroid dienone is 1. The predicted molar refractivity (Wildman–Crippen MR) is 90.9 cm³/mol. The molecule has 1 saturated carbocycles. The van der Waals surface area contributed by atoms with Crippen LogP contribution in [-0.4, -0.2) is 4.98 Å². The second kappa shape index (κ2) is 9.10. The molecule has 25 heavy (non-hydrogen) atoms. The minimum atomic E-state index is 0. The van der Waals surface area contributed by atoms with Crippen molar-refractivity contribution in [3.63, 3.8) is 0 Å². The van der Waals surface area contributed by atoms with Crippen LogP contribution in [0.25, 0.3) is 10.9 Å². The van der Waals surface area contributed by atoms with E-state index in [0.29, 0.717) is 0 Å². The van der Waals surface area contributed by atoms with Crippen molar-refractivity contribution in [2.24, 2.45) is 0 Å². The van der Waals surface area contributed by atoms with E-state index in [-0.39, 0.29) is 46.5 Å². The molecule has 1 N–H and O–H groups in total. The largest absolute Gasteiger partial charge is 4.00 e. The molecule has 4 heteroatoms. The van der Waals surface area contributed by atoms with Crippen molar-refractivity contribution in [1.82, 2.24) is 4.98 Å². The Balaban J connectivity index is 0.000000223. The first-order valence-electron chi connectivity index (χ1n) is 7.91. The molecule has 0 bridgehead atoms. The van der Waals surface area contributed by atoms with Crippen molar-refractivity contribution < 1.29 is 46.5 Å². The minimum Gasteiger partial charge on any atom is -1.00 e. The predicted octanol–water partition coefficient (Wildman–Crippen LogP) is -0.754. The molecule has 126 valence electrons. The van der Waals surface area contributed by atoms with Crippen LogP contribution in [0.3, 0.4) is 0 Å². The summed E-state index contributed by atoms with van der Waals surface area (Å²) in [5.74, 6) is 0.756. The molecule has 1 atom stereocenters. The van der Waals surface area contributed by atoms with Gasteiger partial charge >= 0.3 is 21.7 Å². The molecule has 1 heterocycles. The fourth-order valence-corrected chi connectivity index (χ4v) is 3.51. The van der Waals surface area contributed by atoms with Crippen molar-refractivity contribution in [1.29, 1.82) is 0 Å². The van der Waals surface area contributed by atoms with Gasteiger partial charge in [0.1, 0.15) is 0 Å². The average molecular weight is 404 g/mol. The smallest absolute Gasteiger partial charge is 1.00 e. The summed E-state index contributed by atoms with van der Waals surface area (Å²) in [6.07, 6.45) is 9.17. The van der Waals surface area contributed by atoms with Crippen molar-refractivity contribution >= 4 is 10.9 Å². The number of halogens is 2. The second-order valence-corrected chi connectivity index (χ2v) is 6.20. The number of H-pyrrole nitrogens is 1. The first-order chi connectivity index (χ1) is 10.7. The number of hydrogen-bond donors (Lipinski definition) is 1. The Bertz CT molecular complexity index is 882. The molecule has 2 aliphatic carbocycles. The Kier molecular flexibility index (Phi) is 8.03. The molecule has 3 aromatic rings. The quantitative estimate of drug-likeness (QED) is 0.375. The Morgan fingerprint density at radius 1 is 1.00 bits per heavy atom. The van der Waals surface area contributed by atoms with Crippen molar-refractivity contribution in [2.75, 3.05) is 0 Å². The van der Waals surface area contributed by atoms with Crippen LogP contribution < -0.4 is 24.8 Å². The molecule has 5 rings (SSSR count). The van der Waals surface area contributed by atoms with Gasteiger partial charge in [0.2, 0.25) is 0 Å². The maximum absolute atomic E-state index is 3.45. The van der Waals surface area contributed by atoms with Gasteiger partial charge in [0.05, 0.1) is 0 Å². The van der Waals surface area contributed by atoms with Gasteiger partial charge in [0.15, 0.2) is 0 Å². The van der Waals surface area contributed by atoms with E-state index in [4.69, 9.17) is 0 Å². The summed E-state index contributed by atoms with van der Waals surface area (Å²) >= 11 is 0. The summed E-state index contributed by atoms with van der Waals surface area (Å²) in [5.41, 5.74) is 8.09. The average Bonchev–Trinajstić information content (AvgIpc) is 2.99. The van der Waals surface area contributed by atoms with Crippen LogP contribution in [0.5, 0.6) is 0 Å². The van der Waals surface area contributed by atoms with Crippen LogP contribution >= 0.6 is 0 Å². The van der Waals surface area contributed by atoms with Gasteiger partial charge in [-0.15, -0.1) is 52.0 Å². The summed E-state index contributed by atoms with van der Waals surface area (Å²) in [7, 11) is 0. The van der Waals surface area contributed by atoms with Gasteiger partial charge in [-0.1, -0.05) is 44.4 Å². The molecule has 1 nitrogen and oxygen atoms in total. The number of rotatable bonds is 0. The van der Waals surface area contributed by atoms with Crippen LogP contribution in [-0.2, 0) is 21.7 Å². The van der Waals surface area contributed by atoms with Crippen LogP contribution in [0.1, 0.15) is 41.0 Å². The number of fused-ring (bicyclic) bond motifs is 4. The normalized spacial score (nSPS) is 15.8. The topological polar surface area (TPSA) is 15.8 Å². The zero-order valence-corrected chi connectivity index (χ0v) is 17.4. The third-order valence-corrected chi connectivity index (χ3v) is 4.79. The maximum Gasteiger partial charge on any atom is 4.00 e.